The highest BCUT2D eigenvalue weighted by Gasteiger charge is 2.31. The van der Waals surface area contributed by atoms with Crippen molar-refractivity contribution in [1.82, 2.24) is 19.0 Å². The monoisotopic (exact) mass is 532 g/mol. The first kappa shape index (κ1) is 27.2. The third-order valence-electron chi connectivity index (χ3n) is 6.83. The Balaban J connectivity index is 1.19. The van der Waals surface area contributed by atoms with Crippen molar-refractivity contribution in [2.24, 2.45) is 0 Å². The molecule has 0 radical (unpaired) electrons. The molecule has 2 heterocycles. The van der Waals surface area contributed by atoms with Gasteiger partial charge in [-0.3, -0.25) is 14.6 Å². The zero-order valence-electron chi connectivity index (χ0n) is 21.5. The maximum absolute atomic E-state index is 13.1. The van der Waals surface area contributed by atoms with Crippen LogP contribution in [-0.4, -0.2) is 120 Å². The number of carbonyl (C=O) groups is 1. The Labute approximate surface area is 219 Å². The summed E-state index contributed by atoms with van der Waals surface area (Å²) in [6, 6.07) is 14.4. The molecule has 10 nitrogen and oxygen atoms in total. The maximum Gasteiger partial charge on any atom is 0.243 e. The predicted octanol–water partition coefficient (Wildman–Crippen LogP) is 1.23. The number of methoxy groups -OCH3 is 2. The molecule has 0 spiro atoms. The first-order valence-electron chi connectivity index (χ1n) is 12.5. The van der Waals surface area contributed by atoms with E-state index in [1.54, 1.807) is 6.07 Å². The number of para-hydroxylation sites is 1. The Morgan fingerprint density at radius 2 is 1.46 bits per heavy atom. The number of carbonyl (C=O) groups excluding carboxylic acids is 1. The van der Waals surface area contributed by atoms with Gasteiger partial charge >= 0.3 is 0 Å². The van der Waals surface area contributed by atoms with Gasteiger partial charge in [0, 0.05) is 65.0 Å². The van der Waals surface area contributed by atoms with Crippen LogP contribution >= 0.6 is 0 Å². The number of piperazine rings is 2. The largest absolute Gasteiger partial charge is 0.493 e. The van der Waals surface area contributed by atoms with Gasteiger partial charge in [-0.2, -0.15) is 4.31 Å². The lowest BCUT2D eigenvalue weighted by atomic mass is 10.3. The predicted molar refractivity (Wildman–Crippen MR) is 140 cm³/mol. The Bertz CT molecular complexity index is 1130. The maximum atomic E-state index is 13.1. The fraction of sp³-hybridized carbons (Fsp3) is 0.500. The minimum Gasteiger partial charge on any atom is -0.493 e. The summed E-state index contributed by atoms with van der Waals surface area (Å²) in [6.45, 7) is 6.46. The summed E-state index contributed by atoms with van der Waals surface area (Å²) in [5, 5.41) is 0. The first-order valence-corrected chi connectivity index (χ1v) is 14.0. The smallest absolute Gasteiger partial charge is 0.243 e. The molecular weight excluding hydrogens is 496 g/mol. The molecule has 11 heteroatoms. The fourth-order valence-electron chi connectivity index (χ4n) is 4.58. The fourth-order valence-corrected chi connectivity index (χ4v) is 6.01. The van der Waals surface area contributed by atoms with E-state index in [9.17, 15) is 13.2 Å². The molecule has 4 rings (SSSR count). The van der Waals surface area contributed by atoms with Gasteiger partial charge in [0.25, 0.3) is 0 Å². The van der Waals surface area contributed by atoms with Gasteiger partial charge in [0.15, 0.2) is 11.5 Å². The molecule has 0 atom stereocenters. The van der Waals surface area contributed by atoms with Crippen molar-refractivity contribution >= 4 is 15.9 Å². The van der Waals surface area contributed by atoms with E-state index in [4.69, 9.17) is 14.2 Å². The average Bonchev–Trinajstić information content (AvgIpc) is 2.94. The molecule has 0 saturated carbocycles. The van der Waals surface area contributed by atoms with Crippen LogP contribution in [0.2, 0.25) is 0 Å². The van der Waals surface area contributed by atoms with Crippen LogP contribution in [0.15, 0.2) is 53.4 Å². The van der Waals surface area contributed by atoms with Crippen LogP contribution in [0.25, 0.3) is 0 Å². The average molecular weight is 533 g/mol. The summed E-state index contributed by atoms with van der Waals surface area (Å²) in [5.74, 6) is 1.81. The van der Waals surface area contributed by atoms with Gasteiger partial charge in [0.1, 0.15) is 12.4 Å². The van der Waals surface area contributed by atoms with Crippen molar-refractivity contribution in [3.05, 3.63) is 48.5 Å². The number of hydrogen-bond acceptors (Lipinski definition) is 8. The van der Waals surface area contributed by atoms with Gasteiger partial charge in [-0.05, 0) is 24.3 Å². The van der Waals surface area contributed by atoms with E-state index in [0.29, 0.717) is 63.9 Å². The van der Waals surface area contributed by atoms with Crippen LogP contribution in [-0.2, 0) is 14.8 Å². The van der Waals surface area contributed by atoms with Crippen LogP contribution in [0.5, 0.6) is 17.2 Å². The van der Waals surface area contributed by atoms with Crippen LogP contribution in [0.1, 0.15) is 0 Å². The number of sulfonamides is 1. The highest BCUT2D eigenvalue weighted by atomic mass is 32.2. The lowest BCUT2D eigenvalue weighted by Crippen LogP contribution is -2.54. The van der Waals surface area contributed by atoms with E-state index in [1.165, 1.54) is 30.7 Å². The number of hydrogen-bond donors (Lipinski definition) is 0. The number of nitrogens with zero attached hydrogens (tertiary/aromatic N) is 4. The van der Waals surface area contributed by atoms with Crippen LogP contribution < -0.4 is 14.2 Å². The summed E-state index contributed by atoms with van der Waals surface area (Å²) in [5.41, 5.74) is 0. The van der Waals surface area contributed by atoms with E-state index in [1.807, 2.05) is 40.1 Å². The molecule has 0 bridgehead atoms. The van der Waals surface area contributed by atoms with Gasteiger partial charge in [0.05, 0.1) is 25.7 Å². The summed E-state index contributed by atoms with van der Waals surface area (Å²) in [4.78, 5) is 19.3. The Morgan fingerprint density at radius 3 is 2.11 bits per heavy atom. The molecule has 2 aliphatic heterocycles. The zero-order chi connectivity index (χ0) is 26.3. The molecule has 0 aromatic heterocycles. The molecular formula is C26H36N4O6S. The van der Waals surface area contributed by atoms with Crippen molar-refractivity contribution in [3.8, 4) is 17.2 Å². The molecule has 0 N–H and O–H groups in total. The second kappa shape index (κ2) is 12.6. The van der Waals surface area contributed by atoms with E-state index in [0.717, 1.165) is 25.4 Å². The lowest BCUT2D eigenvalue weighted by molar-refractivity contribution is -0.134. The molecule has 2 aromatic carbocycles. The van der Waals surface area contributed by atoms with E-state index >= 15 is 0 Å². The molecule has 1 amide bonds. The van der Waals surface area contributed by atoms with Gasteiger partial charge in [0.2, 0.25) is 15.9 Å². The topological polar surface area (TPSA) is 91.9 Å². The van der Waals surface area contributed by atoms with Crippen LogP contribution in [0, 0.1) is 0 Å². The highest BCUT2D eigenvalue weighted by Crippen LogP contribution is 2.30. The SMILES string of the molecule is COc1ccc(S(=O)(=O)N2CCN(CC(=O)N3CCN(CCOc4ccccc4)CC3)CC2)cc1OC. The molecule has 2 aromatic rings. The second-order valence-corrected chi connectivity index (χ2v) is 11.0. The standard InChI is InChI=1S/C26H36N4O6S/c1-34-24-9-8-23(20-25(24)35-2)37(32,33)30-16-12-28(13-17-30)21-26(31)29-14-10-27(11-15-29)18-19-36-22-6-4-3-5-7-22/h3-9,20H,10-19,21H2,1-2H3. The van der Waals surface area contributed by atoms with Crippen molar-refractivity contribution in [3.63, 3.8) is 0 Å². The summed E-state index contributed by atoms with van der Waals surface area (Å²) in [6.07, 6.45) is 0. The lowest BCUT2D eigenvalue weighted by Gasteiger charge is -2.37. The van der Waals surface area contributed by atoms with E-state index < -0.39 is 10.0 Å². The number of amides is 1. The third kappa shape index (κ3) is 6.92. The Hall–Kier alpha value is -2.86. The summed E-state index contributed by atoms with van der Waals surface area (Å²) >= 11 is 0. The van der Waals surface area contributed by atoms with Crippen molar-refractivity contribution in [2.45, 2.75) is 4.90 Å². The van der Waals surface area contributed by atoms with Gasteiger partial charge in [-0.1, -0.05) is 18.2 Å². The molecule has 2 aliphatic rings. The van der Waals surface area contributed by atoms with Crippen LogP contribution in [0.3, 0.4) is 0 Å². The van der Waals surface area contributed by atoms with Gasteiger partial charge in [-0.15, -0.1) is 0 Å². The summed E-state index contributed by atoms with van der Waals surface area (Å²) in [7, 11) is -0.679. The van der Waals surface area contributed by atoms with E-state index in [2.05, 4.69) is 4.90 Å². The van der Waals surface area contributed by atoms with Crippen molar-refractivity contribution < 1.29 is 27.4 Å². The van der Waals surface area contributed by atoms with Crippen molar-refractivity contribution in [1.29, 1.82) is 0 Å². The Morgan fingerprint density at radius 1 is 0.811 bits per heavy atom. The number of rotatable bonds is 10. The quantitative estimate of drug-likeness (QED) is 0.451. The molecule has 0 unspecified atom stereocenters. The second-order valence-electron chi connectivity index (χ2n) is 9.08. The third-order valence-corrected chi connectivity index (χ3v) is 8.72. The number of ether oxygens (including phenoxy) is 3. The first-order chi connectivity index (χ1) is 17.9. The molecule has 2 saturated heterocycles. The van der Waals surface area contributed by atoms with Gasteiger partial charge < -0.3 is 19.1 Å². The highest BCUT2D eigenvalue weighted by molar-refractivity contribution is 7.89. The minimum absolute atomic E-state index is 0.0939. The summed E-state index contributed by atoms with van der Waals surface area (Å²) < 4.78 is 44.0. The molecule has 37 heavy (non-hydrogen) atoms. The zero-order valence-corrected chi connectivity index (χ0v) is 22.4. The normalized spacial score (nSPS) is 17.9. The molecule has 2 fully saturated rings. The number of benzene rings is 2. The molecule has 202 valence electrons. The Kier molecular flexibility index (Phi) is 9.25. The van der Waals surface area contributed by atoms with Gasteiger partial charge in [-0.25, -0.2) is 8.42 Å². The van der Waals surface area contributed by atoms with E-state index in [-0.39, 0.29) is 10.8 Å². The molecule has 0 aliphatic carbocycles. The minimum atomic E-state index is -3.66. The van der Waals surface area contributed by atoms with Crippen LogP contribution in [0.4, 0.5) is 0 Å². The van der Waals surface area contributed by atoms with Crippen molar-refractivity contribution in [2.75, 3.05) is 86.3 Å².